The lowest BCUT2D eigenvalue weighted by molar-refractivity contribution is -0.137. The highest BCUT2D eigenvalue weighted by molar-refractivity contribution is 7.33. The molecule has 0 heterocycles. The van der Waals surface area contributed by atoms with Gasteiger partial charge in [0, 0.05) is 6.08 Å². The van der Waals surface area contributed by atoms with Crippen molar-refractivity contribution in [1.82, 2.24) is 0 Å². The first-order valence-electron chi connectivity index (χ1n) is 3.11. The molecule has 0 fully saturated rings. The summed E-state index contributed by atoms with van der Waals surface area (Å²) < 4.78 is 4.43. The van der Waals surface area contributed by atoms with E-state index in [1.807, 2.05) is 6.55 Å². The average molecular weight is 215 g/mol. The molecular formula is C6H12Cl2O2Si. The minimum absolute atomic E-state index is 0.359. The Morgan fingerprint density at radius 3 is 2.18 bits per heavy atom. The molecule has 0 radical (unpaired) electrons. The summed E-state index contributed by atoms with van der Waals surface area (Å²) >= 11 is 10.4. The Hall–Kier alpha value is 0.00688. The molecule has 0 aromatic heterocycles. The number of esters is 1. The van der Waals surface area contributed by atoms with Crippen LogP contribution >= 0.6 is 22.2 Å². The van der Waals surface area contributed by atoms with E-state index in [0.717, 1.165) is 6.08 Å². The van der Waals surface area contributed by atoms with Gasteiger partial charge in [0.1, 0.15) is 0 Å². The number of carbonyl (C=O) groups excluding carboxylic acids is 1. The molecule has 0 aromatic rings. The van der Waals surface area contributed by atoms with Crippen LogP contribution in [0.5, 0.6) is 0 Å². The zero-order chi connectivity index (χ0) is 9.28. The second-order valence-electron chi connectivity index (χ2n) is 1.48. The molecule has 0 rings (SSSR count). The second kappa shape index (κ2) is 10.0. The van der Waals surface area contributed by atoms with Crippen molar-refractivity contribution >= 4 is 35.5 Å². The number of halogens is 2. The zero-order valence-corrected chi connectivity index (χ0v) is 9.31. The quantitative estimate of drug-likeness (QED) is 0.305. The maximum Gasteiger partial charge on any atom is 0.330 e. The molecule has 0 saturated heterocycles. The fourth-order valence-corrected chi connectivity index (χ4v) is 0.201. The molecule has 0 atom stereocenters. The van der Waals surface area contributed by atoms with Crippen molar-refractivity contribution in [3.05, 3.63) is 12.7 Å². The van der Waals surface area contributed by atoms with Gasteiger partial charge in [-0.25, -0.2) is 4.79 Å². The first kappa shape index (κ1) is 13.6. The normalized spacial score (nSPS) is 8.09. The molecule has 0 N–H and O–H groups in total. The van der Waals surface area contributed by atoms with Crippen LogP contribution in [0.1, 0.15) is 6.92 Å². The lowest BCUT2D eigenvalue weighted by atomic mass is 10.6. The molecular weight excluding hydrogens is 203 g/mol. The van der Waals surface area contributed by atoms with E-state index in [9.17, 15) is 4.79 Å². The predicted molar refractivity (Wildman–Crippen MR) is 51.5 cm³/mol. The Bertz CT molecular complexity index is 114. The summed E-state index contributed by atoms with van der Waals surface area (Å²) in [6.45, 7) is 7.21. The molecule has 0 aromatic carbocycles. The zero-order valence-electron chi connectivity index (χ0n) is 6.64. The number of hydrogen-bond acceptors (Lipinski definition) is 2. The highest BCUT2D eigenvalue weighted by Crippen LogP contribution is 1.89. The molecule has 66 valence electrons. The monoisotopic (exact) mass is 214 g/mol. The molecule has 5 heteroatoms. The Morgan fingerprint density at radius 1 is 1.73 bits per heavy atom. The number of rotatable bonds is 2. The van der Waals surface area contributed by atoms with Gasteiger partial charge < -0.3 is 4.74 Å². The average Bonchev–Trinajstić information content (AvgIpc) is 1.87. The standard InChI is InChI=1S/C5H8O2.CH4Cl2Si/c1-3-5(6)7-4-2;1-4(2)3/h3H,1,4H2,2H3;4H,1H3. The molecule has 11 heavy (non-hydrogen) atoms. The molecule has 0 unspecified atom stereocenters. The first-order valence-corrected chi connectivity index (χ1v) is 7.76. The predicted octanol–water partition coefficient (Wildman–Crippen LogP) is 2.05. The molecule has 0 bridgehead atoms. The molecule has 2 nitrogen and oxygen atoms in total. The molecule has 0 spiro atoms. The van der Waals surface area contributed by atoms with Gasteiger partial charge in [-0.1, -0.05) is 6.58 Å². The Balaban J connectivity index is 0. The SMILES string of the molecule is C=CC(=O)OCC.C[SiH](Cl)Cl. The third kappa shape index (κ3) is 25.6. The Kier molecular flexibility index (Phi) is 12.4. The van der Waals surface area contributed by atoms with Crippen molar-refractivity contribution in [3.8, 4) is 0 Å². The van der Waals surface area contributed by atoms with Crippen LogP contribution in [0.2, 0.25) is 6.55 Å². The van der Waals surface area contributed by atoms with Crippen molar-refractivity contribution in [2.24, 2.45) is 0 Å². The minimum atomic E-state index is -1.19. The summed E-state index contributed by atoms with van der Waals surface area (Å²) in [6.07, 6.45) is 1.14. The van der Waals surface area contributed by atoms with E-state index in [4.69, 9.17) is 22.2 Å². The van der Waals surface area contributed by atoms with Crippen LogP contribution < -0.4 is 0 Å². The van der Waals surface area contributed by atoms with Crippen LogP contribution in [-0.4, -0.2) is 20.0 Å². The van der Waals surface area contributed by atoms with Gasteiger partial charge in [-0.15, -0.1) is 0 Å². The Morgan fingerprint density at radius 2 is 2.09 bits per heavy atom. The van der Waals surface area contributed by atoms with Gasteiger partial charge in [-0.3, -0.25) is 0 Å². The summed E-state index contributed by atoms with van der Waals surface area (Å²) in [6, 6.07) is 0. The fraction of sp³-hybridized carbons (Fsp3) is 0.500. The second-order valence-corrected chi connectivity index (χ2v) is 7.11. The van der Waals surface area contributed by atoms with E-state index in [1.54, 1.807) is 6.92 Å². The summed E-state index contributed by atoms with van der Waals surface area (Å²) in [5.41, 5.74) is 0. The summed E-state index contributed by atoms with van der Waals surface area (Å²) in [4.78, 5) is 10.1. The van der Waals surface area contributed by atoms with E-state index in [0.29, 0.717) is 6.61 Å². The van der Waals surface area contributed by atoms with Crippen LogP contribution in [0.3, 0.4) is 0 Å². The highest BCUT2D eigenvalue weighted by Gasteiger charge is 1.86. The smallest absolute Gasteiger partial charge is 0.330 e. The van der Waals surface area contributed by atoms with Crippen LogP contribution in [0.4, 0.5) is 0 Å². The van der Waals surface area contributed by atoms with Gasteiger partial charge in [-0.05, 0) is 13.5 Å². The largest absolute Gasteiger partial charge is 0.463 e. The fourth-order valence-electron chi connectivity index (χ4n) is 0.201. The van der Waals surface area contributed by atoms with Crippen molar-refractivity contribution in [2.45, 2.75) is 13.5 Å². The van der Waals surface area contributed by atoms with Gasteiger partial charge >= 0.3 is 5.97 Å². The van der Waals surface area contributed by atoms with Crippen molar-refractivity contribution in [2.75, 3.05) is 6.61 Å². The van der Waals surface area contributed by atoms with Gasteiger partial charge in [0.05, 0.1) is 6.61 Å². The summed E-state index contributed by atoms with van der Waals surface area (Å²) in [5, 5.41) is 0. The third-order valence-corrected chi connectivity index (χ3v) is 0.453. The maximum absolute atomic E-state index is 10.1. The molecule has 0 amide bonds. The van der Waals surface area contributed by atoms with Gasteiger partial charge in [0.15, 0.2) is 0 Å². The Labute approximate surface area is 78.2 Å². The van der Waals surface area contributed by atoms with Gasteiger partial charge in [0.2, 0.25) is 7.42 Å². The van der Waals surface area contributed by atoms with Crippen molar-refractivity contribution in [3.63, 3.8) is 0 Å². The number of carbonyl (C=O) groups is 1. The van der Waals surface area contributed by atoms with E-state index in [-0.39, 0.29) is 5.97 Å². The summed E-state index contributed by atoms with van der Waals surface area (Å²) in [5.74, 6) is -0.359. The van der Waals surface area contributed by atoms with E-state index >= 15 is 0 Å². The molecule has 0 aliphatic rings. The van der Waals surface area contributed by atoms with Crippen LogP contribution in [0.15, 0.2) is 12.7 Å². The molecule has 0 aliphatic heterocycles. The lowest BCUT2D eigenvalue weighted by Crippen LogP contribution is -1.97. The topological polar surface area (TPSA) is 26.3 Å². The first-order chi connectivity index (χ1) is 5.04. The van der Waals surface area contributed by atoms with E-state index in [2.05, 4.69) is 11.3 Å². The van der Waals surface area contributed by atoms with Crippen molar-refractivity contribution in [1.29, 1.82) is 0 Å². The van der Waals surface area contributed by atoms with E-state index in [1.165, 1.54) is 0 Å². The van der Waals surface area contributed by atoms with Gasteiger partial charge in [0.25, 0.3) is 0 Å². The highest BCUT2D eigenvalue weighted by atomic mass is 35.7. The minimum Gasteiger partial charge on any atom is -0.463 e. The molecule has 0 aliphatic carbocycles. The van der Waals surface area contributed by atoms with Crippen LogP contribution in [0.25, 0.3) is 0 Å². The summed E-state index contributed by atoms with van der Waals surface area (Å²) in [7, 11) is -1.19. The van der Waals surface area contributed by atoms with Crippen LogP contribution in [-0.2, 0) is 9.53 Å². The number of ether oxygens (including phenoxy) is 1. The van der Waals surface area contributed by atoms with Gasteiger partial charge in [-0.2, -0.15) is 22.2 Å². The van der Waals surface area contributed by atoms with Crippen LogP contribution in [0, 0.1) is 0 Å². The van der Waals surface area contributed by atoms with Crippen molar-refractivity contribution < 1.29 is 9.53 Å². The third-order valence-electron chi connectivity index (χ3n) is 0.453. The number of hydrogen-bond donors (Lipinski definition) is 0. The molecule has 0 saturated carbocycles. The lowest BCUT2D eigenvalue weighted by Gasteiger charge is -1.90. The maximum atomic E-state index is 10.1. The van der Waals surface area contributed by atoms with E-state index < -0.39 is 7.42 Å².